The van der Waals surface area contributed by atoms with Crippen molar-refractivity contribution in [3.8, 4) is 22.5 Å². The molecule has 0 aliphatic carbocycles. The largest absolute Gasteiger partial charge is 1.00 e. The number of amides is 3. The van der Waals surface area contributed by atoms with Crippen molar-refractivity contribution in [1.29, 1.82) is 0 Å². The van der Waals surface area contributed by atoms with Gasteiger partial charge in [0.05, 0.1) is 40.4 Å². The molecule has 0 radical (unpaired) electrons. The van der Waals surface area contributed by atoms with E-state index >= 15 is 0 Å². The minimum atomic E-state index is -0.431. The number of unbranched alkanes of at least 4 members (excludes halogenated alkanes) is 2. The number of likely N-dealkylation sites (tertiary alicyclic amines) is 2. The number of nitrogens with zero attached hydrogens (tertiary/aromatic N) is 7. The highest BCUT2D eigenvalue weighted by atomic mass is 79.9. The average molecular weight is 1160 g/mol. The van der Waals surface area contributed by atoms with Crippen LogP contribution in [0.2, 0.25) is 10.0 Å². The Kier molecular flexibility index (Phi) is 24.6. The maximum atomic E-state index is 12.7. The van der Waals surface area contributed by atoms with Crippen molar-refractivity contribution in [2.24, 2.45) is 0 Å². The van der Waals surface area contributed by atoms with Gasteiger partial charge in [0.15, 0.2) is 0 Å². The first-order chi connectivity index (χ1) is 35.3. The summed E-state index contributed by atoms with van der Waals surface area (Å²) in [5, 5.41) is 13.0. The van der Waals surface area contributed by atoms with E-state index in [4.69, 9.17) is 39.8 Å². The first-order valence-corrected chi connectivity index (χ1v) is 26.7. The molecule has 2 fully saturated rings. The normalized spacial score (nSPS) is 15.2. The van der Waals surface area contributed by atoms with Crippen LogP contribution in [-0.2, 0) is 19.2 Å². The van der Waals surface area contributed by atoms with Gasteiger partial charge in [-0.05, 0) is 82.4 Å². The number of carbonyl (C=O) groups is 4. The van der Waals surface area contributed by atoms with Gasteiger partial charge in [-0.3, -0.25) is 19.2 Å². The van der Waals surface area contributed by atoms with Crippen molar-refractivity contribution in [3.63, 3.8) is 0 Å². The fourth-order valence-corrected chi connectivity index (χ4v) is 8.97. The van der Waals surface area contributed by atoms with Gasteiger partial charge in [-0.25, -0.2) is 19.9 Å². The Morgan fingerprint density at radius 2 is 1.26 bits per heavy atom. The van der Waals surface area contributed by atoms with E-state index in [0.717, 1.165) is 91.1 Å². The van der Waals surface area contributed by atoms with E-state index in [0.29, 0.717) is 77.7 Å². The van der Waals surface area contributed by atoms with Gasteiger partial charge in [-0.2, -0.15) is 0 Å². The van der Waals surface area contributed by atoms with Crippen LogP contribution in [0.25, 0.3) is 44.3 Å². The third-order valence-electron chi connectivity index (χ3n) is 12.0. The Labute approximate surface area is 461 Å². The molecule has 0 bridgehead atoms. The molecule has 2 aromatic carbocycles. The van der Waals surface area contributed by atoms with Crippen molar-refractivity contribution in [3.05, 3.63) is 108 Å². The van der Waals surface area contributed by atoms with Gasteiger partial charge in [0, 0.05) is 121 Å². The van der Waals surface area contributed by atoms with Crippen LogP contribution in [0.5, 0.6) is 0 Å². The Morgan fingerprint density at radius 3 is 1.72 bits per heavy atom. The molecular weight excluding hydrogens is 1090 g/mol. The number of carbonyl (C=O) groups excluding carboxylic acids is 4. The first-order valence-electron chi connectivity index (χ1n) is 24.4. The number of alkyl halides is 1. The number of benzene rings is 2. The predicted octanol–water partition coefficient (Wildman–Crippen LogP) is 5.11. The van der Waals surface area contributed by atoms with E-state index in [1.807, 2.05) is 95.8 Å². The lowest BCUT2D eigenvalue weighted by atomic mass is 10.1. The average Bonchev–Trinajstić information content (AvgIpc) is 4.22. The highest BCUT2D eigenvalue weighted by Crippen LogP contribution is 2.34. The summed E-state index contributed by atoms with van der Waals surface area (Å²) in [6.45, 7) is 4.93. The van der Waals surface area contributed by atoms with Gasteiger partial charge in [0.2, 0.25) is 34.9 Å². The number of nitrogens with one attached hydrogen (secondary N) is 5. The van der Waals surface area contributed by atoms with Gasteiger partial charge in [0.25, 0.3) is 0 Å². The maximum Gasteiger partial charge on any atom is 0.244 e. The highest BCUT2D eigenvalue weighted by Gasteiger charge is 2.28. The van der Waals surface area contributed by atoms with E-state index < -0.39 is 5.24 Å². The Morgan fingerprint density at radius 1 is 0.757 bits per heavy atom. The summed E-state index contributed by atoms with van der Waals surface area (Å²) in [5.74, 6) is 1.29. The number of allylic oxidation sites excluding steroid dienone is 2. The van der Waals surface area contributed by atoms with Crippen LogP contribution in [0.1, 0.15) is 51.4 Å². The molecule has 0 unspecified atom stereocenters. The second-order valence-electron chi connectivity index (χ2n) is 17.8. The van der Waals surface area contributed by atoms with Crippen LogP contribution in [0.3, 0.4) is 0 Å². The minimum absolute atomic E-state index is 0. The molecule has 8 N–H and O–H groups in total. The fraction of sp³-hybridized carbons (Fsp3) is 0.385. The van der Waals surface area contributed by atoms with Gasteiger partial charge in [0.1, 0.15) is 0 Å². The number of aromatic nitrogens is 6. The third-order valence-corrected chi connectivity index (χ3v) is 13.1. The number of quaternary nitrogens is 1. The number of fused-ring (bicyclic) bond motifs is 2. The lowest BCUT2D eigenvalue weighted by Gasteiger charge is -2.17. The Bertz CT molecular complexity index is 2840. The van der Waals surface area contributed by atoms with Crippen LogP contribution in [0.4, 0.5) is 11.9 Å². The molecular formula is C52H64BrCl4N13O4. The molecule has 0 spiro atoms. The zero-order valence-corrected chi connectivity index (χ0v) is 46.2. The molecule has 2 saturated heterocycles. The van der Waals surface area contributed by atoms with Crippen molar-refractivity contribution < 1.29 is 37.3 Å². The molecule has 74 heavy (non-hydrogen) atoms. The molecule has 396 valence electrons. The molecule has 17 nitrogen and oxygen atoms in total. The molecule has 2 atom stereocenters. The zero-order chi connectivity index (χ0) is 52.1. The first kappa shape index (κ1) is 59.3. The van der Waals surface area contributed by atoms with Crippen LogP contribution < -0.4 is 34.1 Å². The standard InChI is InChI=1S/C27H34ClN7O2.C21H25ClN6O.C4H4BrClO.ClH/c1-34(2)14-7-10-24(36)29-13-6-5-11-25(37)35-15-12-19(18-35)32-27-31-17-22(28)26(33-27)21-16-30-23-9-4-3-8-20(21)23;22-17-12-25-21(26-14-8-10-28(13-14)19(29)7-3-4-9-23)27-20(17)16-11-24-18-6-2-1-5-15(16)18;5-3-1-2-4(6)7;/h3-4,7-10,16-17,19,30H,5-6,11-15,18H2,1-2H3,(H,29,36)(H,31,32,33);1-2,5-6,11-12,14,24H,3-4,7-10,13,23H2,(H,25,26,27);1-2H,3H2;1H/b10-7+;;2-1+;/t19-;14-;;/m11../s1. The molecule has 22 heteroatoms. The number of hydrogen-bond donors (Lipinski definition) is 6. The van der Waals surface area contributed by atoms with E-state index in [1.165, 1.54) is 6.08 Å². The topological polar surface area (TPSA) is 225 Å². The molecule has 4 aromatic heterocycles. The summed E-state index contributed by atoms with van der Waals surface area (Å²) in [7, 11) is 3.90. The predicted molar refractivity (Wildman–Crippen MR) is 296 cm³/mol. The quantitative estimate of drug-likeness (QED) is 0.0255. The summed E-state index contributed by atoms with van der Waals surface area (Å²) in [5.41, 5.74) is 9.12. The SMILES string of the molecule is CN(C)C/C=C/C(=O)NCCCCC(=O)N1CC[C@@H](Nc2ncc(Cl)c(-c3c[nH]c4ccccc34)n2)C1.O=C(Cl)/C=C/CBr.[Cl-].[NH3+]CCCCC(=O)N1CC[C@@H](Nc2ncc(Cl)c(-c3c[nH]c4ccccc34)n2)C1. The maximum absolute atomic E-state index is 12.7. The molecule has 6 heterocycles. The number of hydrogen-bond acceptors (Lipinski definition) is 11. The summed E-state index contributed by atoms with van der Waals surface area (Å²) < 4.78 is 0. The molecule has 0 saturated carbocycles. The van der Waals surface area contributed by atoms with Crippen molar-refractivity contribution in [2.45, 2.75) is 63.5 Å². The Balaban J connectivity index is 0.000000245. The number of anilines is 2. The summed E-state index contributed by atoms with van der Waals surface area (Å²) in [6.07, 6.45) is 19.6. The van der Waals surface area contributed by atoms with Gasteiger partial charge < -0.3 is 58.8 Å². The third kappa shape index (κ3) is 18.1. The molecule has 8 rings (SSSR count). The van der Waals surface area contributed by atoms with Crippen LogP contribution in [0, 0.1) is 0 Å². The molecule has 2 aliphatic rings. The van der Waals surface area contributed by atoms with Crippen molar-refractivity contribution >= 4 is 107 Å². The lowest BCUT2D eigenvalue weighted by Crippen LogP contribution is -3.00. The number of H-pyrrole nitrogens is 2. The smallest absolute Gasteiger partial charge is 0.244 e. The Hall–Kier alpha value is -5.60. The number of aromatic amines is 2. The van der Waals surface area contributed by atoms with Crippen LogP contribution in [0.15, 0.2) is 97.6 Å². The highest BCUT2D eigenvalue weighted by molar-refractivity contribution is 9.09. The molecule has 2 aliphatic heterocycles. The number of rotatable bonds is 20. The number of halogens is 5. The van der Waals surface area contributed by atoms with Gasteiger partial charge in [-0.1, -0.05) is 87.7 Å². The van der Waals surface area contributed by atoms with E-state index in [2.05, 4.69) is 62.5 Å². The van der Waals surface area contributed by atoms with Crippen molar-refractivity contribution in [2.75, 3.05) is 75.9 Å². The number of para-hydroxylation sites is 2. The fourth-order valence-electron chi connectivity index (χ4n) is 8.31. The summed E-state index contributed by atoms with van der Waals surface area (Å²) >= 11 is 20.8. The van der Waals surface area contributed by atoms with Crippen molar-refractivity contribution in [1.82, 2.24) is 49.9 Å². The molecule has 6 aromatic rings. The second kappa shape index (κ2) is 30.7. The van der Waals surface area contributed by atoms with E-state index in [-0.39, 0.29) is 42.2 Å². The van der Waals surface area contributed by atoms with Gasteiger partial charge in [-0.15, -0.1) is 0 Å². The van der Waals surface area contributed by atoms with Gasteiger partial charge >= 0.3 is 0 Å². The minimum Gasteiger partial charge on any atom is -1.00 e. The monoisotopic (exact) mass is 1150 g/mol. The lowest BCUT2D eigenvalue weighted by molar-refractivity contribution is -0.368. The summed E-state index contributed by atoms with van der Waals surface area (Å²) in [4.78, 5) is 77.0. The zero-order valence-electron chi connectivity index (χ0n) is 41.6. The van der Waals surface area contributed by atoms with Crippen LogP contribution in [-0.4, -0.2) is 145 Å². The van der Waals surface area contributed by atoms with E-state index in [1.54, 1.807) is 24.5 Å². The van der Waals surface area contributed by atoms with E-state index in [9.17, 15) is 19.2 Å². The molecule has 3 amide bonds. The second-order valence-corrected chi connectivity index (χ2v) is 19.6. The summed E-state index contributed by atoms with van der Waals surface area (Å²) in [6, 6.07) is 16.3. The van der Waals surface area contributed by atoms with Crippen LogP contribution >= 0.6 is 50.7 Å². The number of likely N-dealkylation sites (N-methyl/N-ethyl adjacent to an activating group) is 1.